The fourth-order valence-corrected chi connectivity index (χ4v) is 2.15. The van der Waals surface area contributed by atoms with Gasteiger partial charge in [0.15, 0.2) is 0 Å². The third-order valence-electron chi connectivity index (χ3n) is 3.20. The molecule has 0 saturated heterocycles. The van der Waals surface area contributed by atoms with E-state index in [1.165, 1.54) is 12.1 Å². The highest BCUT2D eigenvalue weighted by molar-refractivity contribution is 5.92. The molecule has 4 nitrogen and oxygen atoms in total. The van der Waals surface area contributed by atoms with Gasteiger partial charge in [0, 0.05) is 17.1 Å². The van der Waals surface area contributed by atoms with Gasteiger partial charge in [0.1, 0.15) is 17.9 Å². The summed E-state index contributed by atoms with van der Waals surface area (Å²) in [6, 6.07) is 15.8. The number of phenols is 1. The molecule has 0 amide bonds. The number of ether oxygens (including phenoxy) is 1. The molecule has 1 aromatic heterocycles. The molecule has 4 heteroatoms. The third kappa shape index (κ3) is 2.69. The zero-order valence-corrected chi connectivity index (χ0v) is 11.2. The van der Waals surface area contributed by atoms with Crippen LogP contribution in [0.5, 0.6) is 5.75 Å². The first kappa shape index (κ1) is 13.1. The summed E-state index contributed by atoms with van der Waals surface area (Å²) < 4.78 is 5.26. The van der Waals surface area contributed by atoms with Crippen LogP contribution in [0, 0.1) is 0 Å². The van der Waals surface area contributed by atoms with E-state index in [9.17, 15) is 9.90 Å². The van der Waals surface area contributed by atoms with Gasteiger partial charge < -0.3 is 9.84 Å². The summed E-state index contributed by atoms with van der Waals surface area (Å²) in [5, 5.41) is 10.6. The molecule has 1 heterocycles. The molecule has 0 unspecified atom stereocenters. The van der Waals surface area contributed by atoms with Crippen molar-refractivity contribution in [2.24, 2.45) is 0 Å². The topological polar surface area (TPSA) is 59.4 Å². The minimum Gasteiger partial charge on any atom is -0.507 e. The van der Waals surface area contributed by atoms with Crippen molar-refractivity contribution in [3.8, 4) is 5.75 Å². The molecule has 0 saturated carbocycles. The van der Waals surface area contributed by atoms with Crippen LogP contribution in [-0.4, -0.2) is 16.1 Å². The molecule has 0 atom stereocenters. The van der Waals surface area contributed by atoms with Crippen LogP contribution in [0.3, 0.4) is 0 Å². The summed E-state index contributed by atoms with van der Waals surface area (Å²) in [7, 11) is 0. The van der Waals surface area contributed by atoms with Gasteiger partial charge in [0.25, 0.3) is 0 Å². The number of pyridine rings is 1. The van der Waals surface area contributed by atoms with E-state index in [1.54, 1.807) is 18.3 Å². The van der Waals surface area contributed by atoms with Crippen LogP contribution >= 0.6 is 0 Å². The van der Waals surface area contributed by atoms with Crippen LogP contribution in [-0.2, 0) is 11.3 Å². The number of para-hydroxylation sites is 2. The second kappa shape index (κ2) is 5.63. The average molecular weight is 279 g/mol. The van der Waals surface area contributed by atoms with Crippen molar-refractivity contribution in [2.75, 3.05) is 0 Å². The van der Waals surface area contributed by atoms with Crippen molar-refractivity contribution in [2.45, 2.75) is 6.61 Å². The Morgan fingerprint density at radius 1 is 1.05 bits per heavy atom. The first-order valence-electron chi connectivity index (χ1n) is 6.53. The number of hydrogen-bond acceptors (Lipinski definition) is 4. The lowest BCUT2D eigenvalue weighted by Gasteiger charge is -2.08. The van der Waals surface area contributed by atoms with E-state index in [0.717, 1.165) is 16.5 Å². The van der Waals surface area contributed by atoms with Crippen molar-refractivity contribution in [1.82, 2.24) is 4.98 Å². The number of benzene rings is 2. The van der Waals surface area contributed by atoms with Crippen molar-refractivity contribution in [3.63, 3.8) is 0 Å². The van der Waals surface area contributed by atoms with E-state index in [0.29, 0.717) is 0 Å². The van der Waals surface area contributed by atoms with Crippen LogP contribution in [0.1, 0.15) is 15.9 Å². The zero-order valence-electron chi connectivity index (χ0n) is 11.2. The standard InChI is InChI=1S/C17H13NO3/c19-15-9-2-1-8-14(15)17(20)21-11-13-6-3-5-12-7-4-10-18-16(12)13/h1-10,19H,11H2. The third-order valence-corrected chi connectivity index (χ3v) is 3.20. The minimum atomic E-state index is -0.555. The monoisotopic (exact) mass is 279 g/mol. The van der Waals surface area contributed by atoms with Gasteiger partial charge in [-0.15, -0.1) is 0 Å². The zero-order chi connectivity index (χ0) is 14.7. The molecule has 0 aliphatic rings. The Balaban J connectivity index is 1.81. The number of rotatable bonds is 3. The van der Waals surface area contributed by atoms with Crippen molar-refractivity contribution in [3.05, 3.63) is 71.9 Å². The van der Waals surface area contributed by atoms with Gasteiger partial charge in [0.2, 0.25) is 0 Å². The molecule has 0 aliphatic carbocycles. The van der Waals surface area contributed by atoms with Crippen LogP contribution in [0.4, 0.5) is 0 Å². The number of fused-ring (bicyclic) bond motifs is 1. The Bertz CT molecular complexity index is 793. The summed E-state index contributed by atoms with van der Waals surface area (Å²) in [5.74, 6) is -0.639. The van der Waals surface area contributed by atoms with Gasteiger partial charge in [-0.3, -0.25) is 4.98 Å². The maximum absolute atomic E-state index is 12.0. The molecule has 0 aliphatic heterocycles. The van der Waals surface area contributed by atoms with Gasteiger partial charge in [-0.05, 0) is 18.2 Å². The molecular weight excluding hydrogens is 266 g/mol. The van der Waals surface area contributed by atoms with Gasteiger partial charge in [0.05, 0.1) is 5.52 Å². The lowest BCUT2D eigenvalue weighted by molar-refractivity contribution is 0.0471. The number of carbonyl (C=O) groups excluding carboxylic acids is 1. The van der Waals surface area contributed by atoms with E-state index >= 15 is 0 Å². The van der Waals surface area contributed by atoms with Crippen LogP contribution in [0.15, 0.2) is 60.8 Å². The first-order chi connectivity index (χ1) is 10.3. The number of carbonyl (C=O) groups is 1. The normalized spacial score (nSPS) is 10.5. The second-order valence-electron chi connectivity index (χ2n) is 4.59. The SMILES string of the molecule is O=C(OCc1cccc2cccnc12)c1ccccc1O. The highest BCUT2D eigenvalue weighted by Gasteiger charge is 2.12. The number of hydrogen-bond donors (Lipinski definition) is 1. The summed E-state index contributed by atoms with van der Waals surface area (Å²) >= 11 is 0. The molecule has 0 fully saturated rings. The van der Waals surface area contributed by atoms with E-state index in [2.05, 4.69) is 4.98 Å². The number of esters is 1. The summed E-state index contributed by atoms with van der Waals surface area (Å²) in [4.78, 5) is 16.3. The van der Waals surface area contributed by atoms with E-state index < -0.39 is 5.97 Å². The predicted octanol–water partition coefficient (Wildman–Crippen LogP) is 3.30. The number of aromatic hydroxyl groups is 1. The van der Waals surface area contributed by atoms with Crippen molar-refractivity contribution in [1.29, 1.82) is 0 Å². The number of nitrogens with zero attached hydrogens (tertiary/aromatic N) is 1. The number of phenolic OH excluding ortho intramolecular Hbond substituents is 1. The molecular formula is C17H13NO3. The molecule has 3 rings (SSSR count). The second-order valence-corrected chi connectivity index (χ2v) is 4.59. The predicted molar refractivity (Wildman–Crippen MR) is 79.0 cm³/mol. The van der Waals surface area contributed by atoms with Crippen LogP contribution in [0.25, 0.3) is 10.9 Å². The van der Waals surface area contributed by atoms with E-state index in [-0.39, 0.29) is 17.9 Å². The first-order valence-corrected chi connectivity index (χ1v) is 6.53. The Morgan fingerprint density at radius 2 is 1.86 bits per heavy atom. The van der Waals surface area contributed by atoms with E-state index in [1.807, 2.05) is 30.3 Å². The Kier molecular flexibility index (Phi) is 3.51. The molecule has 21 heavy (non-hydrogen) atoms. The highest BCUT2D eigenvalue weighted by Crippen LogP contribution is 2.20. The largest absolute Gasteiger partial charge is 0.507 e. The van der Waals surface area contributed by atoms with Crippen molar-refractivity contribution < 1.29 is 14.6 Å². The highest BCUT2D eigenvalue weighted by atomic mass is 16.5. The molecule has 3 aromatic rings. The maximum atomic E-state index is 12.0. The Morgan fingerprint density at radius 3 is 2.71 bits per heavy atom. The van der Waals surface area contributed by atoms with Crippen molar-refractivity contribution >= 4 is 16.9 Å². The quantitative estimate of drug-likeness (QED) is 0.747. The maximum Gasteiger partial charge on any atom is 0.342 e. The average Bonchev–Trinajstić information content (AvgIpc) is 2.53. The fourth-order valence-electron chi connectivity index (χ4n) is 2.15. The molecule has 0 spiro atoms. The molecule has 0 radical (unpaired) electrons. The summed E-state index contributed by atoms with van der Waals surface area (Å²) in [6.07, 6.45) is 1.71. The van der Waals surface area contributed by atoms with Crippen LogP contribution in [0.2, 0.25) is 0 Å². The Labute approximate surface area is 121 Å². The lowest BCUT2D eigenvalue weighted by Crippen LogP contribution is -2.06. The summed E-state index contributed by atoms with van der Waals surface area (Å²) in [5.41, 5.74) is 1.80. The van der Waals surface area contributed by atoms with Gasteiger partial charge >= 0.3 is 5.97 Å². The molecule has 104 valence electrons. The molecule has 2 aromatic carbocycles. The Hall–Kier alpha value is -2.88. The minimum absolute atomic E-state index is 0.0847. The fraction of sp³-hybridized carbons (Fsp3) is 0.0588. The van der Waals surface area contributed by atoms with Gasteiger partial charge in [-0.2, -0.15) is 0 Å². The number of aromatic nitrogens is 1. The molecule has 1 N–H and O–H groups in total. The summed E-state index contributed by atoms with van der Waals surface area (Å²) in [6.45, 7) is 0.113. The van der Waals surface area contributed by atoms with E-state index in [4.69, 9.17) is 4.74 Å². The van der Waals surface area contributed by atoms with Gasteiger partial charge in [-0.25, -0.2) is 4.79 Å². The lowest BCUT2D eigenvalue weighted by atomic mass is 10.1. The molecule has 0 bridgehead atoms. The van der Waals surface area contributed by atoms with Gasteiger partial charge in [-0.1, -0.05) is 36.4 Å². The van der Waals surface area contributed by atoms with Crippen LogP contribution < -0.4 is 0 Å². The smallest absolute Gasteiger partial charge is 0.342 e.